The minimum atomic E-state index is -0.169. The van der Waals surface area contributed by atoms with Gasteiger partial charge in [-0.25, -0.2) is 4.52 Å². The summed E-state index contributed by atoms with van der Waals surface area (Å²) < 4.78 is 1.76. The molecular formula is C18H25N5O2. The van der Waals surface area contributed by atoms with Gasteiger partial charge in [0.1, 0.15) is 11.2 Å². The molecule has 1 amide bonds. The highest BCUT2D eigenvalue weighted by Crippen LogP contribution is 2.30. The van der Waals surface area contributed by atoms with Crippen molar-refractivity contribution in [3.8, 4) is 0 Å². The van der Waals surface area contributed by atoms with Gasteiger partial charge in [-0.2, -0.15) is 5.10 Å². The van der Waals surface area contributed by atoms with E-state index in [0.29, 0.717) is 17.1 Å². The van der Waals surface area contributed by atoms with Gasteiger partial charge in [0.15, 0.2) is 0 Å². The van der Waals surface area contributed by atoms with Gasteiger partial charge in [0.2, 0.25) is 0 Å². The zero-order chi connectivity index (χ0) is 17.6. The average molecular weight is 343 g/mol. The number of carbonyl (C=O) groups excluding carboxylic acids is 1. The van der Waals surface area contributed by atoms with Crippen LogP contribution < -0.4 is 10.9 Å². The van der Waals surface area contributed by atoms with Crippen molar-refractivity contribution in [2.45, 2.75) is 39.0 Å². The molecule has 0 bridgehead atoms. The number of H-pyrrole nitrogens is 1. The number of amides is 1. The number of fused-ring (bicyclic) bond motifs is 1. The Labute approximate surface area is 146 Å². The standard InChI is InChI=1S/C18H25N5O2/c1-18(2)5-8-22(11-18)17(25)13-10-20-23-14(9-15(24)21-16(13)23)12-3-6-19-7-4-12/h9-10,12,19H,3-8,11H2,1-2H3,(H,21,24). The van der Waals surface area contributed by atoms with E-state index in [1.807, 2.05) is 4.90 Å². The second-order valence-electron chi connectivity index (χ2n) is 8.04. The maximum Gasteiger partial charge on any atom is 0.259 e. The molecule has 4 rings (SSSR count). The molecule has 4 heterocycles. The molecule has 0 saturated carbocycles. The highest BCUT2D eigenvalue weighted by Gasteiger charge is 2.34. The molecule has 0 radical (unpaired) electrons. The highest BCUT2D eigenvalue weighted by molar-refractivity contribution is 5.99. The number of hydrogen-bond acceptors (Lipinski definition) is 4. The molecular weight excluding hydrogens is 318 g/mol. The van der Waals surface area contributed by atoms with Crippen LogP contribution in [0.15, 0.2) is 17.1 Å². The summed E-state index contributed by atoms with van der Waals surface area (Å²) in [4.78, 5) is 29.8. The first-order valence-corrected chi connectivity index (χ1v) is 9.06. The van der Waals surface area contributed by atoms with E-state index in [0.717, 1.165) is 51.1 Å². The third kappa shape index (κ3) is 2.97. The smallest absolute Gasteiger partial charge is 0.259 e. The predicted octanol–water partition coefficient (Wildman–Crippen LogP) is 1.36. The van der Waals surface area contributed by atoms with Crippen LogP contribution in [0, 0.1) is 5.41 Å². The van der Waals surface area contributed by atoms with Crippen molar-refractivity contribution < 1.29 is 4.79 Å². The maximum absolute atomic E-state index is 12.9. The Morgan fingerprint density at radius 2 is 2.08 bits per heavy atom. The Hall–Kier alpha value is -2.15. The summed E-state index contributed by atoms with van der Waals surface area (Å²) in [6.07, 6.45) is 4.54. The summed E-state index contributed by atoms with van der Waals surface area (Å²) in [7, 11) is 0. The van der Waals surface area contributed by atoms with Crippen LogP contribution >= 0.6 is 0 Å². The normalized spacial score (nSPS) is 21.1. The lowest BCUT2D eigenvalue weighted by Crippen LogP contribution is -2.31. The number of aromatic amines is 1. The van der Waals surface area contributed by atoms with Crippen LogP contribution in [0.5, 0.6) is 0 Å². The average Bonchev–Trinajstić information content (AvgIpc) is 3.17. The summed E-state index contributed by atoms with van der Waals surface area (Å²) in [5.41, 5.74) is 1.89. The molecule has 2 N–H and O–H groups in total. The predicted molar refractivity (Wildman–Crippen MR) is 95.0 cm³/mol. The fourth-order valence-electron chi connectivity index (χ4n) is 4.03. The van der Waals surface area contributed by atoms with Crippen LogP contribution in [0.4, 0.5) is 0 Å². The molecule has 7 heteroatoms. The van der Waals surface area contributed by atoms with Gasteiger partial charge in [-0.3, -0.25) is 9.59 Å². The van der Waals surface area contributed by atoms with Crippen molar-refractivity contribution in [3.63, 3.8) is 0 Å². The van der Waals surface area contributed by atoms with Gasteiger partial charge in [-0.1, -0.05) is 13.8 Å². The van der Waals surface area contributed by atoms with Crippen LogP contribution in [0.2, 0.25) is 0 Å². The quantitative estimate of drug-likeness (QED) is 0.863. The van der Waals surface area contributed by atoms with Gasteiger partial charge in [-0.15, -0.1) is 0 Å². The molecule has 0 unspecified atom stereocenters. The molecule has 0 aliphatic carbocycles. The number of aromatic nitrogens is 3. The Morgan fingerprint density at radius 3 is 2.76 bits per heavy atom. The van der Waals surface area contributed by atoms with Gasteiger partial charge in [-0.05, 0) is 37.8 Å². The molecule has 2 aromatic rings. The maximum atomic E-state index is 12.9. The molecule has 2 saturated heterocycles. The monoisotopic (exact) mass is 343 g/mol. The molecule has 0 atom stereocenters. The van der Waals surface area contributed by atoms with E-state index in [1.54, 1.807) is 16.8 Å². The van der Waals surface area contributed by atoms with Crippen LogP contribution in [0.3, 0.4) is 0 Å². The Bertz CT molecular complexity index is 860. The van der Waals surface area contributed by atoms with E-state index in [-0.39, 0.29) is 16.9 Å². The Balaban J connectivity index is 1.73. The zero-order valence-electron chi connectivity index (χ0n) is 14.8. The number of nitrogens with zero attached hydrogens (tertiary/aromatic N) is 3. The van der Waals surface area contributed by atoms with Crippen molar-refractivity contribution >= 4 is 11.6 Å². The molecule has 2 fully saturated rings. The van der Waals surface area contributed by atoms with E-state index in [1.165, 1.54) is 0 Å². The van der Waals surface area contributed by atoms with E-state index in [9.17, 15) is 9.59 Å². The van der Waals surface area contributed by atoms with Gasteiger partial charge in [0, 0.05) is 25.1 Å². The topological polar surface area (TPSA) is 82.5 Å². The fraction of sp³-hybridized carbons (Fsp3) is 0.611. The van der Waals surface area contributed by atoms with Crippen LogP contribution in [0.1, 0.15) is 55.1 Å². The van der Waals surface area contributed by atoms with Gasteiger partial charge < -0.3 is 15.2 Å². The summed E-state index contributed by atoms with van der Waals surface area (Å²) in [6, 6.07) is 1.63. The summed E-state index contributed by atoms with van der Waals surface area (Å²) in [5.74, 6) is 0.248. The van der Waals surface area contributed by atoms with Gasteiger partial charge in [0.05, 0.1) is 11.9 Å². The van der Waals surface area contributed by atoms with Crippen LogP contribution in [0.25, 0.3) is 5.65 Å². The molecule has 0 aromatic carbocycles. The Morgan fingerprint density at radius 1 is 1.32 bits per heavy atom. The molecule has 0 spiro atoms. The molecule has 134 valence electrons. The number of nitrogens with one attached hydrogen (secondary N) is 2. The lowest BCUT2D eigenvalue weighted by molar-refractivity contribution is 0.0780. The minimum absolute atomic E-state index is 0.0429. The lowest BCUT2D eigenvalue weighted by Gasteiger charge is -2.23. The molecule has 2 aromatic heterocycles. The van der Waals surface area contributed by atoms with Crippen molar-refractivity contribution in [1.29, 1.82) is 0 Å². The minimum Gasteiger partial charge on any atom is -0.338 e. The van der Waals surface area contributed by atoms with Crippen molar-refractivity contribution in [2.24, 2.45) is 5.41 Å². The molecule has 7 nitrogen and oxygen atoms in total. The molecule has 2 aliphatic heterocycles. The van der Waals surface area contributed by atoms with E-state index in [4.69, 9.17) is 0 Å². The van der Waals surface area contributed by atoms with Crippen LogP contribution in [-0.2, 0) is 0 Å². The number of likely N-dealkylation sites (tertiary alicyclic amines) is 1. The zero-order valence-corrected chi connectivity index (χ0v) is 14.8. The highest BCUT2D eigenvalue weighted by atomic mass is 16.2. The summed E-state index contributed by atoms with van der Waals surface area (Å²) in [6.45, 7) is 7.72. The van der Waals surface area contributed by atoms with Crippen molar-refractivity contribution in [2.75, 3.05) is 26.2 Å². The lowest BCUT2D eigenvalue weighted by atomic mass is 9.93. The van der Waals surface area contributed by atoms with Gasteiger partial charge >= 0.3 is 0 Å². The second kappa shape index (κ2) is 5.98. The fourth-order valence-corrected chi connectivity index (χ4v) is 4.03. The van der Waals surface area contributed by atoms with E-state index in [2.05, 4.69) is 29.2 Å². The first-order valence-electron chi connectivity index (χ1n) is 9.06. The SMILES string of the molecule is CC1(C)CCN(C(=O)c2cnn3c(C4CCNCC4)cc(=O)[nH]c23)C1. The van der Waals surface area contributed by atoms with Gasteiger partial charge in [0.25, 0.3) is 11.5 Å². The largest absolute Gasteiger partial charge is 0.338 e. The van der Waals surface area contributed by atoms with E-state index >= 15 is 0 Å². The first kappa shape index (κ1) is 16.3. The first-order chi connectivity index (χ1) is 11.9. The summed E-state index contributed by atoms with van der Waals surface area (Å²) >= 11 is 0. The number of piperidine rings is 1. The third-order valence-corrected chi connectivity index (χ3v) is 5.49. The Kier molecular flexibility index (Phi) is 3.91. The van der Waals surface area contributed by atoms with E-state index < -0.39 is 0 Å². The summed E-state index contributed by atoms with van der Waals surface area (Å²) in [5, 5.41) is 7.78. The molecule has 2 aliphatic rings. The number of carbonyl (C=O) groups is 1. The third-order valence-electron chi connectivity index (χ3n) is 5.49. The van der Waals surface area contributed by atoms with Crippen molar-refractivity contribution in [1.82, 2.24) is 24.8 Å². The number of hydrogen-bond donors (Lipinski definition) is 2. The van der Waals surface area contributed by atoms with Crippen molar-refractivity contribution in [3.05, 3.63) is 33.9 Å². The molecule has 25 heavy (non-hydrogen) atoms. The second-order valence-corrected chi connectivity index (χ2v) is 8.04. The number of rotatable bonds is 2. The van der Waals surface area contributed by atoms with Crippen LogP contribution in [-0.4, -0.2) is 51.6 Å².